The third-order valence-electron chi connectivity index (χ3n) is 5.37. The van der Waals surface area contributed by atoms with Gasteiger partial charge in [-0.15, -0.1) is 0 Å². The highest BCUT2D eigenvalue weighted by Gasteiger charge is 2.36. The van der Waals surface area contributed by atoms with Crippen LogP contribution in [0.5, 0.6) is 0 Å². The van der Waals surface area contributed by atoms with E-state index in [1.54, 1.807) is 6.92 Å². The molecule has 0 bridgehead atoms. The van der Waals surface area contributed by atoms with Gasteiger partial charge in [0.2, 0.25) is 15.9 Å². The molecule has 0 spiro atoms. The van der Waals surface area contributed by atoms with Crippen molar-refractivity contribution >= 4 is 37.3 Å². The topological polar surface area (TPSA) is 101 Å². The van der Waals surface area contributed by atoms with E-state index >= 15 is 0 Å². The Morgan fingerprint density at radius 2 is 1.58 bits per heavy atom. The number of nitrogens with zero attached hydrogens (tertiary/aromatic N) is 1. The minimum atomic E-state index is -3.94. The molecule has 168 valence electrons. The molecule has 2 aromatic rings. The molecule has 0 radical (unpaired) electrons. The van der Waals surface area contributed by atoms with Crippen LogP contribution in [0.3, 0.4) is 0 Å². The molecule has 1 heterocycles. The zero-order chi connectivity index (χ0) is 23.1. The molecular weight excluding hydrogens is 436 g/mol. The van der Waals surface area contributed by atoms with Crippen LogP contribution in [0, 0.1) is 6.92 Å². The maximum Gasteiger partial charge on any atom is 0.262 e. The number of rotatable bonds is 6. The molecule has 7 nitrogen and oxygen atoms in total. The largest absolute Gasteiger partial charge is 0.279 e. The molecule has 1 N–H and O–H groups in total. The molecule has 1 amide bonds. The van der Waals surface area contributed by atoms with Crippen molar-refractivity contribution in [2.45, 2.75) is 57.8 Å². The third kappa shape index (κ3) is 4.48. The fourth-order valence-electron chi connectivity index (χ4n) is 3.79. The number of carbonyl (C=O) groups is 1. The average molecular weight is 465 g/mol. The second kappa shape index (κ2) is 8.27. The van der Waals surface area contributed by atoms with Crippen LogP contribution in [0.4, 0.5) is 11.4 Å². The highest BCUT2D eigenvalue weighted by atomic mass is 32.2. The molecule has 0 saturated carbocycles. The highest BCUT2D eigenvalue weighted by Crippen LogP contribution is 2.35. The molecule has 3 rings (SSSR count). The summed E-state index contributed by atoms with van der Waals surface area (Å²) in [6.07, 6.45) is -0.0764. The van der Waals surface area contributed by atoms with Gasteiger partial charge in [-0.05, 0) is 53.6 Å². The molecule has 0 unspecified atom stereocenters. The Hall–Kier alpha value is -2.39. The fraction of sp³-hybridized carbons (Fsp3) is 0.409. The van der Waals surface area contributed by atoms with Crippen molar-refractivity contribution in [1.82, 2.24) is 0 Å². The van der Waals surface area contributed by atoms with Crippen molar-refractivity contribution in [2.24, 2.45) is 0 Å². The number of para-hydroxylation sites is 1. The fourth-order valence-corrected chi connectivity index (χ4v) is 6.58. The Morgan fingerprint density at radius 3 is 2.03 bits per heavy atom. The molecule has 1 aliphatic rings. The first-order chi connectivity index (χ1) is 14.3. The van der Waals surface area contributed by atoms with Gasteiger partial charge in [0.15, 0.2) is 0 Å². The maximum absolute atomic E-state index is 13.3. The summed E-state index contributed by atoms with van der Waals surface area (Å²) in [5.41, 5.74) is 2.89. The van der Waals surface area contributed by atoms with E-state index in [2.05, 4.69) is 4.72 Å². The molecule has 1 fully saturated rings. The zero-order valence-corrected chi connectivity index (χ0v) is 20.0. The average Bonchev–Trinajstić information content (AvgIpc) is 2.93. The van der Waals surface area contributed by atoms with Crippen LogP contribution in [0.25, 0.3) is 0 Å². The molecule has 1 saturated heterocycles. The summed E-state index contributed by atoms with van der Waals surface area (Å²) in [5.74, 6) is -0.519. The van der Waals surface area contributed by atoms with E-state index in [0.717, 1.165) is 15.4 Å². The summed E-state index contributed by atoms with van der Waals surface area (Å²) in [7, 11) is -7.66. The summed E-state index contributed by atoms with van der Waals surface area (Å²) in [5, 5.41) is 0. The Labute approximate surface area is 184 Å². The molecule has 1 aliphatic heterocycles. The van der Waals surface area contributed by atoms with Gasteiger partial charge in [0.05, 0.1) is 22.0 Å². The number of hydrogen-bond acceptors (Lipinski definition) is 5. The Kier molecular flexibility index (Phi) is 6.21. The van der Waals surface area contributed by atoms with Gasteiger partial charge in [-0.25, -0.2) is 21.1 Å². The molecule has 0 atom stereocenters. The maximum atomic E-state index is 13.3. The van der Waals surface area contributed by atoms with Crippen molar-refractivity contribution in [3.05, 3.63) is 53.1 Å². The van der Waals surface area contributed by atoms with Gasteiger partial charge in [0, 0.05) is 6.42 Å². The molecule has 9 heteroatoms. The van der Waals surface area contributed by atoms with E-state index in [1.807, 2.05) is 45.9 Å². The number of amides is 1. The lowest BCUT2D eigenvalue weighted by molar-refractivity contribution is -0.116. The van der Waals surface area contributed by atoms with Crippen LogP contribution in [-0.2, 0) is 24.8 Å². The second-order valence-corrected chi connectivity index (χ2v) is 12.0. The summed E-state index contributed by atoms with van der Waals surface area (Å²) >= 11 is 0. The van der Waals surface area contributed by atoms with Gasteiger partial charge in [0.1, 0.15) is 0 Å². The quantitative estimate of drug-likeness (QED) is 0.693. The number of carbonyl (C=O) groups excluding carboxylic acids is 1. The van der Waals surface area contributed by atoms with Gasteiger partial charge in [-0.2, -0.15) is 0 Å². The monoisotopic (exact) mass is 464 g/mol. The first-order valence-corrected chi connectivity index (χ1v) is 13.3. The molecule has 0 aromatic heterocycles. The van der Waals surface area contributed by atoms with Gasteiger partial charge in [-0.1, -0.05) is 45.9 Å². The summed E-state index contributed by atoms with van der Waals surface area (Å²) in [4.78, 5) is 12.1. The SMILES string of the molecule is Cc1cc(N2C(=O)CCS2(=O)=O)ccc1S(=O)(=O)Nc1c(C(C)C)cccc1C(C)C. The van der Waals surface area contributed by atoms with E-state index < -0.39 is 26.0 Å². The van der Waals surface area contributed by atoms with Crippen molar-refractivity contribution in [1.29, 1.82) is 0 Å². The predicted molar refractivity (Wildman–Crippen MR) is 122 cm³/mol. The number of sulfonamides is 2. The van der Waals surface area contributed by atoms with Crippen molar-refractivity contribution in [3.63, 3.8) is 0 Å². The van der Waals surface area contributed by atoms with E-state index in [4.69, 9.17) is 0 Å². The lowest BCUT2D eigenvalue weighted by Crippen LogP contribution is -2.29. The highest BCUT2D eigenvalue weighted by molar-refractivity contribution is 7.94. The second-order valence-electron chi connectivity index (χ2n) is 8.40. The predicted octanol–water partition coefficient (Wildman–Crippen LogP) is 4.11. The smallest absolute Gasteiger partial charge is 0.262 e. The van der Waals surface area contributed by atoms with Gasteiger partial charge >= 0.3 is 0 Å². The Balaban J connectivity index is 2.04. The van der Waals surface area contributed by atoms with Crippen LogP contribution in [0.1, 0.15) is 62.6 Å². The van der Waals surface area contributed by atoms with Crippen molar-refractivity contribution in [2.75, 3.05) is 14.8 Å². The van der Waals surface area contributed by atoms with E-state index in [1.165, 1.54) is 18.2 Å². The number of anilines is 2. The third-order valence-corrected chi connectivity index (χ3v) is 8.57. The zero-order valence-electron chi connectivity index (χ0n) is 18.3. The molecular formula is C22H28N2O5S2. The lowest BCUT2D eigenvalue weighted by atomic mass is 9.93. The summed E-state index contributed by atoms with van der Waals surface area (Å²) in [6.45, 7) is 9.61. The first kappa shape index (κ1) is 23.3. The molecule has 0 aliphatic carbocycles. The first-order valence-electron chi connectivity index (χ1n) is 10.2. The minimum Gasteiger partial charge on any atom is -0.279 e. The Bertz CT molecular complexity index is 1210. The van der Waals surface area contributed by atoms with E-state index in [-0.39, 0.29) is 34.6 Å². The van der Waals surface area contributed by atoms with E-state index in [0.29, 0.717) is 11.3 Å². The van der Waals surface area contributed by atoms with Gasteiger partial charge < -0.3 is 0 Å². The number of benzene rings is 2. The van der Waals surface area contributed by atoms with Gasteiger partial charge in [-0.3, -0.25) is 9.52 Å². The van der Waals surface area contributed by atoms with Crippen molar-refractivity contribution < 1.29 is 21.6 Å². The van der Waals surface area contributed by atoms with Gasteiger partial charge in [0.25, 0.3) is 10.0 Å². The normalized spacial score (nSPS) is 16.4. The number of nitrogens with one attached hydrogen (secondary N) is 1. The molecule has 2 aromatic carbocycles. The standard InChI is InChI=1S/C22H28N2O5S2/c1-14(2)18-7-6-8-19(15(3)4)22(18)23-31(28,29)20-10-9-17(13-16(20)5)24-21(25)11-12-30(24,26)27/h6-10,13-15,23H,11-12H2,1-5H3. The number of hydrogen-bond donors (Lipinski definition) is 1. The Morgan fingerprint density at radius 1 is 1.00 bits per heavy atom. The van der Waals surface area contributed by atoms with Crippen LogP contribution in [0.15, 0.2) is 41.3 Å². The number of aryl methyl sites for hydroxylation is 1. The molecule has 31 heavy (non-hydrogen) atoms. The lowest BCUT2D eigenvalue weighted by Gasteiger charge is -2.22. The van der Waals surface area contributed by atoms with E-state index in [9.17, 15) is 21.6 Å². The van der Waals surface area contributed by atoms with Crippen LogP contribution in [-0.4, -0.2) is 28.5 Å². The summed E-state index contributed by atoms with van der Waals surface area (Å²) in [6, 6.07) is 9.88. The van der Waals surface area contributed by atoms with Crippen LogP contribution >= 0.6 is 0 Å². The minimum absolute atomic E-state index is 0.0357. The summed E-state index contributed by atoms with van der Waals surface area (Å²) < 4.78 is 54.5. The van der Waals surface area contributed by atoms with Crippen LogP contribution in [0.2, 0.25) is 0 Å². The van der Waals surface area contributed by atoms with Crippen LogP contribution < -0.4 is 9.03 Å². The van der Waals surface area contributed by atoms with Crippen molar-refractivity contribution in [3.8, 4) is 0 Å².